The van der Waals surface area contributed by atoms with E-state index in [2.05, 4.69) is 0 Å². The SMILES string of the molecule is COCCOCOc1ccc2c(c1)CCN(C(=O)OC(C)(C)C)C2COS(C)(=O)=O. The Morgan fingerprint density at radius 2 is 1.97 bits per heavy atom. The molecule has 1 amide bonds. The van der Waals surface area contributed by atoms with E-state index in [0.717, 1.165) is 17.4 Å². The molecule has 0 N–H and O–H groups in total. The summed E-state index contributed by atoms with van der Waals surface area (Å²) in [6.45, 7) is 6.52. The first kappa shape index (κ1) is 24.4. The number of hydrogen-bond acceptors (Lipinski definition) is 8. The van der Waals surface area contributed by atoms with E-state index < -0.39 is 27.9 Å². The summed E-state index contributed by atoms with van der Waals surface area (Å²) in [6, 6.07) is 4.84. The van der Waals surface area contributed by atoms with Crippen LogP contribution in [0, 0.1) is 0 Å². The van der Waals surface area contributed by atoms with E-state index in [-0.39, 0.29) is 13.4 Å². The first-order chi connectivity index (χ1) is 14.0. The van der Waals surface area contributed by atoms with Crippen molar-refractivity contribution in [2.75, 3.05) is 46.5 Å². The topological polar surface area (TPSA) is 101 Å². The number of ether oxygens (including phenoxy) is 4. The van der Waals surface area contributed by atoms with Crippen LogP contribution in [0.1, 0.15) is 37.9 Å². The maximum Gasteiger partial charge on any atom is 0.410 e. The number of nitrogens with zero attached hydrogens (tertiary/aromatic N) is 1. The molecule has 10 heteroatoms. The first-order valence-corrected chi connectivity index (χ1v) is 11.5. The molecule has 0 aromatic heterocycles. The highest BCUT2D eigenvalue weighted by atomic mass is 32.2. The lowest BCUT2D eigenvalue weighted by molar-refractivity contribution is -0.00859. The fourth-order valence-electron chi connectivity index (χ4n) is 3.00. The molecule has 1 aliphatic rings. The number of rotatable bonds is 9. The molecule has 1 aromatic rings. The normalized spacial score (nSPS) is 16.8. The Hall–Kier alpha value is -1.88. The number of carbonyl (C=O) groups is 1. The zero-order chi connectivity index (χ0) is 22.4. The van der Waals surface area contributed by atoms with Crippen LogP contribution in [-0.4, -0.2) is 71.5 Å². The Kier molecular flexibility index (Phi) is 8.48. The minimum absolute atomic E-state index is 0.0901. The second-order valence-corrected chi connectivity index (χ2v) is 9.60. The van der Waals surface area contributed by atoms with Gasteiger partial charge in [-0.2, -0.15) is 8.42 Å². The molecular formula is C20H31NO8S. The van der Waals surface area contributed by atoms with Crippen LogP contribution in [0.5, 0.6) is 5.75 Å². The maximum absolute atomic E-state index is 12.7. The van der Waals surface area contributed by atoms with Crippen molar-refractivity contribution in [3.63, 3.8) is 0 Å². The van der Waals surface area contributed by atoms with E-state index in [0.29, 0.717) is 31.9 Å². The van der Waals surface area contributed by atoms with Crippen LogP contribution in [0.2, 0.25) is 0 Å². The Balaban J connectivity index is 2.18. The molecule has 1 atom stereocenters. The first-order valence-electron chi connectivity index (χ1n) is 9.66. The van der Waals surface area contributed by atoms with Gasteiger partial charge in [0, 0.05) is 13.7 Å². The van der Waals surface area contributed by atoms with Crippen LogP contribution in [0.4, 0.5) is 4.79 Å². The van der Waals surface area contributed by atoms with Gasteiger partial charge in [0.05, 0.1) is 32.1 Å². The van der Waals surface area contributed by atoms with Crippen molar-refractivity contribution in [1.82, 2.24) is 4.90 Å². The van der Waals surface area contributed by atoms with Crippen LogP contribution < -0.4 is 4.74 Å². The second-order valence-electron chi connectivity index (χ2n) is 7.95. The van der Waals surface area contributed by atoms with Gasteiger partial charge in [0.15, 0.2) is 6.79 Å². The lowest BCUT2D eigenvalue weighted by Crippen LogP contribution is -2.44. The Bertz CT molecular complexity index is 819. The highest BCUT2D eigenvalue weighted by molar-refractivity contribution is 7.85. The van der Waals surface area contributed by atoms with Crippen molar-refractivity contribution in [2.45, 2.75) is 38.8 Å². The van der Waals surface area contributed by atoms with Crippen molar-refractivity contribution >= 4 is 16.2 Å². The average molecular weight is 446 g/mol. The third-order valence-electron chi connectivity index (χ3n) is 4.28. The fraction of sp³-hybridized carbons (Fsp3) is 0.650. The largest absolute Gasteiger partial charge is 0.468 e. The molecule has 0 saturated heterocycles. The van der Waals surface area contributed by atoms with Crippen LogP contribution in [0.3, 0.4) is 0 Å². The van der Waals surface area contributed by atoms with Gasteiger partial charge in [-0.25, -0.2) is 4.79 Å². The third-order valence-corrected chi connectivity index (χ3v) is 4.84. The molecule has 30 heavy (non-hydrogen) atoms. The summed E-state index contributed by atoms with van der Waals surface area (Å²) in [7, 11) is -2.07. The van der Waals surface area contributed by atoms with Crippen molar-refractivity contribution in [2.24, 2.45) is 0 Å². The molecule has 0 fully saturated rings. The van der Waals surface area contributed by atoms with Crippen molar-refractivity contribution in [1.29, 1.82) is 0 Å². The zero-order valence-corrected chi connectivity index (χ0v) is 19.0. The van der Waals surface area contributed by atoms with Gasteiger partial charge in [-0.1, -0.05) is 6.07 Å². The highest BCUT2D eigenvalue weighted by Crippen LogP contribution is 2.33. The molecule has 0 radical (unpaired) electrons. The predicted octanol–water partition coefficient (Wildman–Crippen LogP) is 2.50. The average Bonchev–Trinajstić information content (AvgIpc) is 2.63. The number of benzene rings is 1. The predicted molar refractivity (Wildman–Crippen MR) is 110 cm³/mol. The van der Waals surface area contributed by atoms with Gasteiger partial charge in [0.1, 0.15) is 11.4 Å². The standard InChI is InChI=1S/C20H31NO8S/c1-20(2,3)29-19(22)21-9-8-15-12-16(27-14-26-11-10-25-4)6-7-17(15)18(21)13-28-30(5,23)24/h6-7,12,18H,8-11,13-14H2,1-5H3. The second kappa shape index (κ2) is 10.4. The molecule has 1 aromatic carbocycles. The summed E-state index contributed by atoms with van der Waals surface area (Å²) < 4.78 is 49.4. The Morgan fingerprint density at radius 1 is 1.23 bits per heavy atom. The van der Waals surface area contributed by atoms with E-state index in [4.69, 9.17) is 23.1 Å². The number of amides is 1. The minimum Gasteiger partial charge on any atom is -0.468 e. The van der Waals surface area contributed by atoms with Gasteiger partial charge in [0.2, 0.25) is 0 Å². The molecule has 9 nitrogen and oxygen atoms in total. The van der Waals surface area contributed by atoms with Crippen LogP contribution in [0.15, 0.2) is 18.2 Å². The van der Waals surface area contributed by atoms with E-state index >= 15 is 0 Å². The maximum atomic E-state index is 12.7. The van der Waals surface area contributed by atoms with E-state index in [9.17, 15) is 13.2 Å². The summed E-state index contributed by atoms with van der Waals surface area (Å²) in [5, 5.41) is 0. The Labute approximate surface area is 178 Å². The molecule has 1 aliphatic heterocycles. The van der Waals surface area contributed by atoms with Gasteiger partial charge in [-0.15, -0.1) is 0 Å². The lowest BCUT2D eigenvalue weighted by atomic mass is 9.93. The molecule has 1 heterocycles. The molecule has 170 valence electrons. The van der Waals surface area contributed by atoms with Crippen LogP contribution in [0.25, 0.3) is 0 Å². The van der Waals surface area contributed by atoms with Gasteiger partial charge in [-0.05, 0) is 50.5 Å². The number of carbonyl (C=O) groups excluding carboxylic acids is 1. The quantitative estimate of drug-likeness (QED) is 0.325. The van der Waals surface area contributed by atoms with E-state index in [1.165, 1.54) is 4.90 Å². The highest BCUT2D eigenvalue weighted by Gasteiger charge is 2.34. The van der Waals surface area contributed by atoms with Gasteiger partial charge < -0.3 is 18.9 Å². The summed E-state index contributed by atoms with van der Waals surface area (Å²) in [5.74, 6) is 0.625. The smallest absolute Gasteiger partial charge is 0.410 e. The van der Waals surface area contributed by atoms with Gasteiger partial charge in [0.25, 0.3) is 10.1 Å². The van der Waals surface area contributed by atoms with Crippen LogP contribution >= 0.6 is 0 Å². The van der Waals surface area contributed by atoms with Gasteiger partial charge >= 0.3 is 6.09 Å². The molecular weight excluding hydrogens is 414 g/mol. The van der Waals surface area contributed by atoms with Crippen LogP contribution in [-0.2, 0) is 34.9 Å². The Morgan fingerprint density at radius 3 is 2.60 bits per heavy atom. The third kappa shape index (κ3) is 7.75. The number of methoxy groups -OCH3 is 1. The van der Waals surface area contributed by atoms with Crippen molar-refractivity contribution in [3.8, 4) is 5.75 Å². The monoisotopic (exact) mass is 445 g/mol. The minimum atomic E-state index is -3.67. The lowest BCUT2D eigenvalue weighted by Gasteiger charge is -2.37. The molecule has 0 saturated carbocycles. The number of hydrogen-bond donors (Lipinski definition) is 0. The van der Waals surface area contributed by atoms with Gasteiger partial charge in [-0.3, -0.25) is 9.08 Å². The van der Waals surface area contributed by atoms with E-state index in [1.54, 1.807) is 33.9 Å². The van der Waals surface area contributed by atoms with Crippen molar-refractivity contribution < 1.29 is 36.3 Å². The summed E-state index contributed by atoms with van der Waals surface area (Å²) in [6.07, 6.45) is 1.04. The molecule has 1 unspecified atom stereocenters. The molecule has 0 spiro atoms. The fourth-order valence-corrected chi connectivity index (χ4v) is 3.37. The molecule has 0 aliphatic carbocycles. The molecule has 0 bridgehead atoms. The summed E-state index contributed by atoms with van der Waals surface area (Å²) in [4.78, 5) is 14.2. The van der Waals surface area contributed by atoms with Crippen molar-refractivity contribution in [3.05, 3.63) is 29.3 Å². The zero-order valence-electron chi connectivity index (χ0n) is 18.2. The number of fused-ring (bicyclic) bond motifs is 1. The summed E-state index contributed by atoms with van der Waals surface area (Å²) >= 11 is 0. The van der Waals surface area contributed by atoms with E-state index in [1.807, 2.05) is 12.1 Å². The summed E-state index contributed by atoms with van der Waals surface area (Å²) in [5.41, 5.74) is 1.08. The molecule has 2 rings (SSSR count).